The summed E-state index contributed by atoms with van der Waals surface area (Å²) in [5, 5.41) is -0.464. The van der Waals surface area contributed by atoms with Crippen molar-refractivity contribution in [3.63, 3.8) is 0 Å². The number of rotatable bonds is 6. The molecule has 3 rings (SSSR count). The number of ether oxygens (including phenoxy) is 1. The van der Waals surface area contributed by atoms with E-state index in [1.165, 1.54) is 0 Å². The van der Waals surface area contributed by atoms with Crippen LogP contribution in [0.5, 0.6) is 0 Å². The molecule has 0 unspecified atom stereocenters. The van der Waals surface area contributed by atoms with Crippen molar-refractivity contribution >= 4 is 10.0 Å². The van der Waals surface area contributed by atoms with Crippen LogP contribution in [0.4, 0.5) is 0 Å². The molecule has 2 aromatic rings. The topological polar surface area (TPSA) is 73.2 Å². The molecular weight excluding hydrogens is 326 g/mol. The van der Waals surface area contributed by atoms with Crippen molar-refractivity contribution in [2.75, 3.05) is 6.61 Å². The van der Waals surface area contributed by atoms with E-state index >= 15 is 0 Å². The second-order valence-corrected chi connectivity index (χ2v) is 8.18. The second kappa shape index (κ2) is 7.04. The van der Waals surface area contributed by atoms with Gasteiger partial charge < -0.3 is 9.30 Å². The molecular formula is C17H23N3O3S. The molecule has 1 fully saturated rings. The zero-order chi connectivity index (χ0) is 17.2. The predicted molar refractivity (Wildman–Crippen MR) is 92.1 cm³/mol. The lowest BCUT2D eigenvalue weighted by atomic mass is 10.1. The van der Waals surface area contributed by atoms with E-state index in [4.69, 9.17) is 4.74 Å². The Labute approximate surface area is 142 Å². The van der Waals surface area contributed by atoms with Crippen molar-refractivity contribution in [1.29, 1.82) is 0 Å². The second-order valence-electron chi connectivity index (χ2n) is 6.19. The summed E-state index contributed by atoms with van der Waals surface area (Å²) in [4.78, 5) is 4.21. The third kappa shape index (κ3) is 3.85. The molecule has 0 saturated carbocycles. The Morgan fingerprint density at radius 2 is 2.17 bits per heavy atom. The van der Waals surface area contributed by atoms with Crippen LogP contribution in [0.3, 0.4) is 0 Å². The van der Waals surface area contributed by atoms with Gasteiger partial charge >= 0.3 is 0 Å². The highest BCUT2D eigenvalue weighted by Crippen LogP contribution is 2.20. The SMILES string of the molecule is Cc1nccn1Cc1cccc(CNS(=O)(=O)[C@H]2CCO[C@@H]2C)c1. The lowest BCUT2D eigenvalue weighted by molar-refractivity contribution is 0.126. The van der Waals surface area contributed by atoms with E-state index in [0.717, 1.165) is 23.5 Å². The van der Waals surface area contributed by atoms with Gasteiger partial charge in [-0.1, -0.05) is 24.3 Å². The summed E-state index contributed by atoms with van der Waals surface area (Å²) in [6, 6.07) is 7.94. The Morgan fingerprint density at radius 3 is 2.83 bits per heavy atom. The highest BCUT2D eigenvalue weighted by molar-refractivity contribution is 7.90. The largest absolute Gasteiger partial charge is 0.377 e. The molecule has 1 aromatic heterocycles. The van der Waals surface area contributed by atoms with Crippen LogP contribution in [-0.4, -0.2) is 35.9 Å². The Balaban J connectivity index is 1.65. The molecule has 7 heteroatoms. The number of sulfonamides is 1. The normalized spacial score (nSPS) is 21.2. The van der Waals surface area contributed by atoms with Crippen LogP contribution in [0.15, 0.2) is 36.7 Å². The van der Waals surface area contributed by atoms with Gasteiger partial charge in [-0.05, 0) is 31.4 Å². The van der Waals surface area contributed by atoms with E-state index in [9.17, 15) is 8.42 Å². The Bertz CT molecular complexity index is 801. The molecule has 1 aromatic carbocycles. The van der Waals surface area contributed by atoms with Gasteiger partial charge in [0.2, 0.25) is 10.0 Å². The third-order valence-corrected chi connectivity index (χ3v) is 6.41. The van der Waals surface area contributed by atoms with Crippen LogP contribution in [0.1, 0.15) is 30.3 Å². The molecule has 1 aliphatic heterocycles. The maximum atomic E-state index is 12.4. The van der Waals surface area contributed by atoms with Crippen LogP contribution in [0, 0.1) is 6.92 Å². The van der Waals surface area contributed by atoms with E-state index in [1.807, 2.05) is 44.3 Å². The average Bonchev–Trinajstić information content (AvgIpc) is 3.15. The first-order chi connectivity index (χ1) is 11.5. The van der Waals surface area contributed by atoms with Gasteiger partial charge in [-0.3, -0.25) is 0 Å². The maximum absolute atomic E-state index is 12.4. The summed E-state index contributed by atoms with van der Waals surface area (Å²) in [5.74, 6) is 0.955. The van der Waals surface area contributed by atoms with Crippen LogP contribution >= 0.6 is 0 Å². The van der Waals surface area contributed by atoms with Gasteiger partial charge in [-0.25, -0.2) is 18.1 Å². The van der Waals surface area contributed by atoms with Gasteiger partial charge in [0.05, 0.1) is 6.10 Å². The van der Waals surface area contributed by atoms with Gasteiger partial charge in [0.1, 0.15) is 11.1 Å². The van der Waals surface area contributed by atoms with E-state index in [2.05, 4.69) is 14.3 Å². The van der Waals surface area contributed by atoms with Gasteiger partial charge in [-0.15, -0.1) is 0 Å². The minimum atomic E-state index is -3.37. The summed E-state index contributed by atoms with van der Waals surface area (Å²) in [7, 11) is -3.37. The van der Waals surface area contributed by atoms with Crippen molar-refractivity contribution < 1.29 is 13.2 Å². The molecule has 1 saturated heterocycles. The molecule has 0 amide bonds. The molecule has 2 atom stereocenters. The summed E-state index contributed by atoms with van der Waals surface area (Å²) < 4.78 is 34.9. The van der Waals surface area contributed by atoms with Gasteiger partial charge in [-0.2, -0.15) is 0 Å². The quantitative estimate of drug-likeness (QED) is 0.864. The lowest BCUT2D eigenvalue weighted by Gasteiger charge is -2.16. The van der Waals surface area contributed by atoms with E-state index in [0.29, 0.717) is 19.6 Å². The Hall–Kier alpha value is -1.70. The highest BCUT2D eigenvalue weighted by atomic mass is 32.2. The van der Waals surface area contributed by atoms with Gasteiger partial charge in [0.25, 0.3) is 0 Å². The first kappa shape index (κ1) is 17.1. The van der Waals surface area contributed by atoms with Crippen molar-refractivity contribution in [3.05, 3.63) is 53.6 Å². The van der Waals surface area contributed by atoms with Crippen molar-refractivity contribution in [3.8, 4) is 0 Å². The molecule has 0 aliphatic carbocycles. The fourth-order valence-corrected chi connectivity index (χ4v) is 4.59. The van der Waals surface area contributed by atoms with Crippen LogP contribution in [-0.2, 0) is 27.8 Å². The smallest absolute Gasteiger partial charge is 0.217 e. The van der Waals surface area contributed by atoms with Gasteiger partial charge in [0.15, 0.2) is 0 Å². The fraction of sp³-hybridized carbons (Fsp3) is 0.471. The molecule has 6 nitrogen and oxygen atoms in total. The summed E-state index contributed by atoms with van der Waals surface area (Å²) >= 11 is 0. The first-order valence-corrected chi connectivity index (χ1v) is 9.66. The molecule has 130 valence electrons. The molecule has 1 aliphatic rings. The highest BCUT2D eigenvalue weighted by Gasteiger charge is 2.35. The van der Waals surface area contributed by atoms with Crippen LogP contribution in [0.2, 0.25) is 0 Å². The Kier molecular flexibility index (Phi) is 5.03. The fourth-order valence-electron chi connectivity index (χ4n) is 3.02. The first-order valence-electron chi connectivity index (χ1n) is 8.11. The van der Waals surface area contributed by atoms with Crippen molar-refractivity contribution in [2.24, 2.45) is 0 Å². The number of aryl methyl sites for hydroxylation is 1. The van der Waals surface area contributed by atoms with Crippen LogP contribution < -0.4 is 4.72 Å². The minimum absolute atomic E-state index is 0.252. The lowest BCUT2D eigenvalue weighted by Crippen LogP contribution is -2.37. The molecule has 2 heterocycles. The monoisotopic (exact) mass is 349 g/mol. The zero-order valence-electron chi connectivity index (χ0n) is 14.0. The molecule has 0 radical (unpaired) electrons. The number of hydrogen-bond acceptors (Lipinski definition) is 4. The Morgan fingerprint density at radius 1 is 1.38 bits per heavy atom. The standard InChI is InChI=1S/C17H23N3O3S/c1-13-17(6-9-23-13)24(21,22)19-11-15-4-3-5-16(10-15)12-20-8-7-18-14(20)2/h3-5,7-8,10,13,17,19H,6,9,11-12H2,1-2H3/t13-,17+/m1/s1. The number of nitrogens with zero attached hydrogens (tertiary/aromatic N) is 2. The van der Waals surface area contributed by atoms with Crippen molar-refractivity contribution in [2.45, 2.75) is 44.7 Å². The number of hydrogen-bond donors (Lipinski definition) is 1. The minimum Gasteiger partial charge on any atom is -0.377 e. The molecule has 0 bridgehead atoms. The zero-order valence-corrected chi connectivity index (χ0v) is 14.8. The van der Waals surface area contributed by atoms with Crippen molar-refractivity contribution in [1.82, 2.24) is 14.3 Å². The summed E-state index contributed by atoms with van der Waals surface area (Å²) in [5.41, 5.74) is 2.06. The summed E-state index contributed by atoms with van der Waals surface area (Å²) in [6.07, 6.45) is 4.01. The van der Waals surface area contributed by atoms with Gasteiger partial charge in [0, 0.05) is 32.1 Å². The third-order valence-electron chi connectivity index (χ3n) is 4.45. The van der Waals surface area contributed by atoms with E-state index in [-0.39, 0.29) is 6.10 Å². The summed E-state index contributed by atoms with van der Waals surface area (Å²) in [6.45, 7) is 5.29. The molecule has 24 heavy (non-hydrogen) atoms. The maximum Gasteiger partial charge on any atom is 0.217 e. The number of imidazole rings is 1. The van der Waals surface area contributed by atoms with Crippen LogP contribution in [0.25, 0.3) is 0 Å². The molecule has 1 N–H and O–H groups in total. The predicted octanol–water partition coefficient (Wildman–Crippen LogP) is 1.84. The number of benzene rings is 1. The van der Waals surface area contributed by atoms with E-state index in [1.54, 1.807) is 6.20 Å². The molecule has 0 spiro atoms. The average molecular weight is 349 g/mol. The number of aromatic nitrogens is 2. The number of nitrogens with one attached hydrogen (secondary N) is 1. The van der Waals surface area contributed by atoms with E-state index < -0.39 is 15.3 Å².